The number of hydrogen-bond donors (Lipinski definition) is 2. The Balaban J connectivity index is 0.00000208. The van der Waals surface area contributed by atoms with Gasteiger partial charge in [0.25, 0.3) is 0 Å². The predicted molar refractivity (Wildman–Crippen MR) is 89.6 cm³/mol. The van der Waals surface area contributed by atoms with Crippen LogP contribution in [-0.4, -0.2) is 20.6 Å². The summed E-state index contributed by atoms with van der Waals surface area (Å²) in [7, 11) is 0. The summed E-state index contributed by atoms with van der Waals surface area (Å²) in [5, 5.41) is 20.6. The summed E-state index contributed by atoms with van der Waals surface area (Å²) in [6, 6.07) is 6.20. The molecule has 1 aliphatic heterocycles. The third-order valence-electron chi connectivity index (χ3n) is 3.79. The van der Waals surface area contributed by atoms with Crippen molar-refractivity contribution in [1.82, 2.24) is 20.4 Å². The van der Waals surface area contributed by atoms with Gasteiger partial charge in [-0.05, 0) is 16.7 Å². The molecule has 0 unspecified atom stereocenters. The normalized spacial score (nSPS) is 12.3. The SMILES string of the molecule is Cl.O=C(CCn1cc([N+](=O)[O-])cn1)NCc1ccc2c(c1)CNC2. The minimum Gasteiger partial charge on any atom is -0.352 e. The van der Waals surface area contributed by atoms with E-state index in [0.717, 1.165) is 18.7 Å². The number of aryl methyl sites for hydroxylation is 1. The van der Waals surface area contributed by atoms with Crippen molar-refractivity contribution in [3.63, 3.8) is 0 Å². The highest BCUT2D eigenvalue weighted by molar-refractivity contribution is 5.85. The minimum absolute atomic E-state index is 0. The quantitative estimate of drug-likeness (QED) is 0.607. The van der Waals surface area contributed by atoms with E-state index >= 15 is 0 Å². The van der Waals surface area contributed by atoms with E-state index in [4.69, 9.17) is 0 Å². The van der Waals surface area contributed by atoms with Crippen molar-refractivity contribution in [3.8, 4) is 0 Å². The molecule has 0 saturated heterocycles. The molecular formula is C15H18ClN5O3. The standard InChI is InChI=1S/C15H17N5O3.ClH/c21-15(3-4-19-10-14(9-18-19)20(22)23)17-6-11-1-2-12-7-16-8-13(12)5-11;/h1-2,5,9-10,16H,3-4,6-8H2,(H,17,21);1H. The molecule has 0 fully saturated rings. The van der Waals surface area contributed by atoms with Crippen LogP contribution in [0.2, 0.25) is 0 Å². The lowest BCUT2D eigenvalue weighted by molar-refractivity contribution is -0.385. The van der Waals surface area contributed by atoms with Crippen LogP contribution in [0.4, 0.5) is 5.69 Å². The molecule has 1 amide bonds. The smallest absolute Gasteiger partial charge is 0.306 e. The largest absolute Gasteiger partial charge is 0.352 e. The summed E-state index contributed by atoms with van der Waals surface area (Å²) >= 11 is 0. The molecule has 9 heteroatoms. The van der Waals surface area contributed by atoms with Crippen LogP contribution in [0.15, 0.2) is 30.6 Å². The van der Waals surface area contributed by atoms with Crippen LogP contribution in [0.1, 0.15) is 23.1 Å². The van der Waals surface area contributed by atoms with Crippen molar-refractivity contribution in [2.24, 2.45) is 0 Å². The van der Waals surface area contributed by atoms with Gasteiger partial charge >= 0.3 is 5.69 Å². The van der Waals surface area contributed by atoms with Crippen molar-refractivity contribution < 1.29 is 9.72 Å². The van der Waals surface area contributed by atoms with Gasteiger partial charge in [-0.1, -0.05) is 18.2 Å². The number of rotatable bonds is 6. The molecule has 128 valence electrons. The topological polar surface area (TPSA) is 102 Å². The summed E-state index contributed by atoms with van der Waals surface area (Å²) in [5.41, 5.74) is 3.58. The maximum absolute atomic E-state index is 11.9. The molecule has 1 aliphatic rings. The third-order valence-corrected chi connectivity index (χ3v) is 3.79. The number of halogens is 1. The van der Waals surface area contributed by atoms with Gasteiger partial charge in [0, 0.05) is 32.6 Å². The molecule has 2 N–H and O–H groups in total. The van der Waals surface area contributed by atoms with Crippen LogP contribution in [0.5, 0.6) is 0 Å². The number of benzene rings is 1. The zero-order valence-electron chi connectivity index (χ0n) is 12.9. The maximum Gasteiger partial charge on any atom is 0.306 e. The lowest BCUT2D eigenvalue weighted by Crippen LogP contribution is -2.24. The van der Waals surface area contributed by atoms with Crippen LogP contribution in [0.25, 0.3) is 0 Å². The highest BCUT2D eigenvalue weighted by atomic mass is 35.5. The Hall–Kier alpha value is -2.45. The van der Waals surface area contributed by atoms with Gasteiger partial charge < -0.3 is 10.6 Å². The minimum atomic E-state index is -0.508. The van der Waals surface area contributed by atoms with Gasteiger partial charge in [-0.25, -0.2) is 0 Å². The number of nitrogens with zero attached hydrogens (tertiary/aromatic N) is 3. The first-order chi connectivity index (χ1) is 11.1. The maximum atomic E-state index is 11.9. The van der Waals surface area contributed by atoms with Crippen LogP contribution in [-0.2, 0) is 31.0 Å². The molecule has 1 aromatic heterocycles. The van der Waals surface area contributed by atoms with Crippen LogP contribution < -0.4 is 10.6 Å². The Morgan fingerprint density at radius 2 is 2.17 bits per heavy atom. The first-order valence-electron chi connectivity index (χ1n) is 7.37. The lowest BCUT2D eigenvalue weighted by Gasteiger charge is -2.07. The van der Waals surface area contributed by atoms with E-state index in [2.05, 4.69) is 27.9 Å². The molecule has 0 atom stereocenters. The van der Waals surface area contributed by atoms with E-state index in [1.54, 1.807) is 0 Å². The molecule has 0 aliphatic carbocycles. The van der Waals surface area contributed by atoms with Gasteiger partial charge in [0.2, 0.25) is 5.91 Å². The Morgan fingerprint density at radius 3 is 2.92 bits per heavy atom. The Morgan fingerprint density at radius 1 is 1.38 bits per heavy atom. The van der Waals surface area contributed by atoms with Crippen molar-refractivity contribution in [3.05, 3.63) is 57.4 Å². The molecular weight excluding hydrogens is 334 g/mol. The van der Waals surface area contributed by atoms with E-state index in [9.17, 15) is 14.9 Å². The molecule has 8 nitrogen and oxygen atoms in total. The number of fused-ring (bicyclic) bond motifs is 1. The van der Waals surface area contributed by atoms with Crippen LogP contribution >= 0.6 is 12.4 Å². The first kappa shape index (κ1) is 17.9. The van der Waals surface area contributed by atoms with E-state index in [1.807, 2.05) is 6.07 Å². The number of nitrogens with one attached hydrogen (secondary N) is 2. The molecule has 0 radical (unpaired) electrons. The monoisotopic (exact) mass is 351 g/mol. The van der Waals surface area contributed by atoms with Crippen LogP contribution in [0.3, 0.4) is 0 Å². The third kappa shape index (κ3) is 4.30. The number of aromatic nitrogens is 2. The van der Waals surface area contributed by atoms with E-state index in [0.29, 0.717) is 13.1 Å². The summed E-state index contributed by atoms with van der Waals surface area (Å²) in [5.74, 6) is -0.109. The van der Waals surface area contributed by atoms with Gasteiger partial charge in [0.15, 0.2) is 0 Å². The van der Waals surface area contributed by atoms with Gasteiger partial charge in [-0.3, -0.25) is 19.6 Å². The second-order valence-corrected chi connectivity index (χ2v) is 5.45. The fourth-order valence-electron chi connectivity index (χ4n) is 2.53. The highest BCUT2D eigenvalue weighted by Crippen LogP contribution is 2.16. The zero-order valence-corrected chi connectivity index (χ0v) is 13.7. The number of hydrogen-bond acceptors (Lipinski definition) is 5. The summed E-state index contributed by atoms with van der Waals surface area (Å²) in [6.45, 7) is 2.56. The molecule has 0 saturated carbocycles. The summed E-state index contributed by atoms with van der Waals surface area (Å²) < 4.78 is 1.40. The second-order valence-electron chi connectivity index (χ2n) is 5.45. The fourth-order valence-corrected chi connectivity index (χ4v) is 2.53. The molecule has 2 heterocycles. The Kier molecular flexibility index (Phi) is 5.88. The van der Waals surface area contributed by atoms with Gasteiger partial charge in [0.05, 0.1) is 4.92 Å². The van der Waals surface area contributed by atoms with Gasteiger partial charge in [0.1, 0.15) is 12.4 Å². The summed E-state index contributed by atoms with van der Waals surface area (Å²) in [6.07, 6.45) is 2.72. The molecule has 0 spiro atoms. The molecule has 24 heavy (non-hydrogen) atoms. The van der Waals surface area contributed by atoms with Crippen molar-refractivity contribution in [1.29, 1.82) is 0 Å². The van der Waals surface area contributed by atoms with Crippen molar-refractivity contribution >= 4 is 24.0 Å². The van der Waals surface area contributed by atoms with Crippen LogP contribution in [0, 0.1) is 10.1 Å². The van der Waals surface area contributed by atoms with Crippen molar-refractivity contribution in [2.45, 2.75) is 32.6 Å². The lowest BCUT2D eigenvalue weighted by atomic mass is 10.1. The Labute approximate surface area is 144 Å². The zero-order chi connectivity index (χ0) is 16.2. The fraction of sp³-hybridized carbons (Fsp3) is 0.333. The number of carbonyl (C=O) groups excluding carboxylic acids is 1. The summed E-state index contributed by atoms with van der Waals surface area (Å²) in [4.78, 5) is 21.9. The molecule has 3 rings (SSSR count). The molecule has 2 aromatic rings. The predicted octanol–water partition coefficient (Wildman–Crippen LogP) is 1.52. The average molecular weight is 352 g/mol. The Bertz CT molecular complexity index is 746. The van der Waals surface area contributed by atoms with E-state index in [1.165, 1.54) is 28.2 Å². The van der Waals surface area contributed by atoms with Gasteiger partial charge in [-0.15, -0.1) is 12.4 Å². The first-order valence-corrected chi connectivity index (χ1v) is 7.37. The second kappa shape index (κ2) is 7.89. The number of nitro groups is 1. The van der Waals surface area contributed by atoms with E-state index < -0.39 is 4.92 Å². The molecule has 1 aromatic carbocycles. The van der Waals surface area contributed by atoms with E-state index in [-0.39, 0.29) is 30.4 Å². The average Bonchev–Trinajstić information content (AvgIpc) is 3.19. The number of carbonyl (C=O) groups is 1. The molecule has 0 bridgehead atoms. The number of amides is 1. The van der Waals surface area contributed by atoms with Crippen molar-refractivity contribution in [2.75, 3.05) is 0 Å². The highest BCUT2D eigenvalue weighted by Gasteiger charge is 2.11. The van der Waals surface area contributed by atoms with Gasteiger partial charge in [-0.2, -0.15) is 5.10 Å².